The van der Waals surface area contributed by atoms with Crippen molar-refractivity contribution in [3.8, 4) is 6.07 Å². The van der Waals surface area contributed by atoms with E-state index in [0.717, 1.165) is 17.0 Å². The van der Waals surface area contributed by atoms with Crippen LogP contribution in [-0.4, -0.2) is 40.6 Å². The van der Waals surface area contributed by atoms with Crippen molar-refractivity contribution in [1.82, 2.24) is 10.2 Å². The molecule has 128 valence electrons. The third-order valence-electron chi connectivity index (χ3n) is 3.78. The van der Waals surface area contributed by atoms with Crippen molar-refractivity contribution in [1.29, 1.82) is 5.26 Å². The van der Waals surface area contributed by atoms with Crippen molar-refractivity contribution in [2.24, 2.45) is 0 Å². The molecule has 1 atom stereocenters. The lowest BCUT2D eigenvalue weighted by Crippen LogP contribution is -2.50. The quantitative estimate of drug-likeness (QED) is 0.879. The number of carbonyl (C=O) groups is 2. The lowest BCUT2D eigenvalue weighted by molar-refractivity contribution is -0.137. The fraction of sp³-hybridized carbons (Fsp3) is 0.400. The Bertz CT molecular complexity index is 682. The number of likely N-dealkylation sites (tertiary alicyclic amines) is 1. The molecule has 1 heterocycles. The Hall–Kier alpha value is -2.76. The van der Waals surface area contributed by atoms with Crippen LogP contribution in [0.5, 0.6) is 0 Å². The van der Waals surface area contributed by atoms with E-state index in [4.69, 9.17) is 5.11 Å². The van der Waals surface area contributed by atoms with Crippen molar-refractivity contribution in [3.05, 3.63) is 35.4 Å². The molecule has 1 fully saturated rings. The summed E-state index contributed by atoms with van der Waals surface area (Å²) in [7, 11) is 0. The maximum absolute atomic E-state index is 12.5. The first-order valence-corrected chi connectivity index (χ1v) is 7.01. The van der Waals surface area contributed by atoms with E-state index in [1.54, 1.807) is 0 Å². The van der Waals surface area contributed by atoms with Gasteiger partial charge in [0, 0.05) is 13.0 Å². The molecule has 0 aromatic heterocycles. The summed E-state index contributed by atoms with van der Waals surface area (Å²) < 4.78 is 37.4. The van der Waals surface area contributed by atoms with Crippen molar-refractivity contribution in [3.63, 3.8) is 0 Å². The zero-order valence-electron chi connectivity index (χ0n) is 12.4. The van der Waals surface area contributed by atoms with Gasteiger partial charge in [-0.05, 0) is 17.7 Å². The van der Waals surface area contributed by atoms with Crippen LogP contribution in [0.2, 0.25) is 0 Å². The van der Waals surface area contributed by atoms with Gasteiger partial charge >= 0.3 is 12.3 Å². The largest absolute Gasteiger partial charge is 0.465 e. The number of carbonyl (C=O) groups excluding carboxylic acids is 1. The zero-order chi connectivity index (χ0) is 18.0. The van der Waals surface area contributed by atoms with Crippen molar-refractivity contribution in [2.45, 2.75) is 24.6 Å². The van der Waals surface area contributed by atoms with Gasteiger partial charge in [-0.25, -0.2) is 4.79 Å². The first kappa shape index (κ1) is 17.6. The van der Waals surface area contributed by atoms with E-state index in [1.165, 1.54) is 12.1 Å². The fourth-order valence-electron chi connectivity index (χ4n) is 2.50. The molecule has 1 saturated heterocycles. The van der Waals surface area contributed by atoms with Crippen LogP contribution in [0, 0.1) is 11.3 Å². The van der Waals surface area contributed by atoms with Crippen molar-refractivity contribution >= 4 is 12.0 Å². The molecule has 1 aromatic rings. The van der Waals surface area contributed by atoms with Crippen LogP contribution in [0.25, 0.3) is 0 Å². The highest BCUT2D eigenvalue weighted by Crippen LogP contribution is 2.29. The second kappa shape index (κ2) is 6.39. The molecule has 0 radical (unpaired) electrons. The third kappa shape index (κ3) is 3.95. The second-order valence-electron chi connectivity index (χ2n) is 5.57. The summed E-state index contributed by atoms with van der Waals surface area (Å²) in [4.78, 5) is 24.0. The Kier molecular flexibility index (Phi) is 4.68. The minimum absolute atomic E-state index is 0.128. The van der Waals surface area contributed by atoms with Crippen LogP contribution in [-0.2, 0) is 17.4 Å². The summed E-state index contributed by atoms with van der Waals surface area (Å²) in [5.41, 5.74) is -1.75. The number of benzene rings is 1. The predicted octanol–water partition coefficient (Wildman–Crippen LogP) is 2.01. The molecule has 0 bridgehead atoms. The number of alkyl halides is 3. The van der Waals surface area contributed by atoms with Crippen molar-refractivity contribution in [2.75, 3.05) is 13.1 Å². The molecular formula is C15H14F3N3O3. The van der Waals surface area contributed by atoms with Crippen LogP contribution in [0.3, 0.4) is 0 Å². The molecule has 1 unspecified atom stereocenters. The van der Waals surface area contributed by atoms with Gasteiger partial charge in [-0.3, -0.25) is 4.79 Å². The normalized spacial score (nSPS) is 20.5. The molecule has 1 aromatic carbocycles. The Morgan fingerprint density at radius 3 is 2.42 bits per heavy atom. The number of hydrogen-bond acceptors (Lipinski definition) is 3. The molecule has 2 N–H and O–H groups in total. The molecule has 0 aliphatic carbocycles. The number of carboxylic acid groups (broad SMARTS) is 1. The Morgan fingerprint density at radius 1 is 1.33 bits per heavy atom. The maximum Gasteiger partial charge on any atom is 0.416 e. The number of halogens is 3. The van der Waals surface area contributed by atoms with Gasteiger partial charge in [0.05, 0.1) is 24.6 Å². The van der Waals surface area contributed by atoms with Crippen LogP contribution < -0.4 is 5.32 Å². The topological polar surface area (TPSA) is 93.4 Å². The predicted molar refractivity (Wildman–Crippen MR) is 75.8 cm³/mol. The van der Waals surface area contributed by atoms with Crippen LogP contribution >= 0.6 is 0 Å². The van der Waals surface area contributed by atoms with E-state index in [9.17, 15) is 28.0 Å². The highest BCUT2D eigenvalue weighted by atomic mass is 19.4. The summed E-state index contributed by atoms with van der Waals surface area (Å²) in [6.45, 7) is -0.0129. The number of hydrogen-bond donors (Lipinski definition) is 2. The van der Waals surface area contributed by atoms with Gasteiger partial charge in [-0.15, -0.1) is 0 Å². The maximum atomic E-state index is 12.5. The number of nitrogens with zero attached hydrogens (tertiary/aromatic N) is 2. The third-order valence-corrected chi connectivity index (χ3v) is 3.78. The lowest BCUT2D eigenvalue weighted by Gasteiger charge is -2.22. The minimum atomic E-state index is -4.45. The van der Waals surface area contributed by atoms with E-state index < -0.39 is 29.3 Å². The number of nitrogens with one attached hydrogen (secondary N) is 1. The molecule has 2 amide bonds. The molecule has 9 heteroatoms. The highest BCUT2D eigenvalue weighted by Gasteiger charge is 2.41. The van der Waals surface area contributed by atoms with Gasteiger partial charge in [0.1, 0.15) is 5.54 Å². The number of nitriles is 1. The SMILES string of the molecule is N#CC1(NC(=O)Cc2ccc(C(F)(F)F)cc2)CCN(C(=O)O)C1. The Balaban J connectivity index is 2.00. The van der Waals surface area contributed by atoms with Gasteiger partial charge in [0.25, 0.3) is 0 Å². The van der Waals surface area contributed by atoms with Gasteiger partial charge in [-0.1, -0.05) is 12.1 Å². The monoisotopic (exact) mass is 341 g/mol. The van der Waals surface area contributed by atoms with E-state index in [-0.39, 0.29) is 25.9 Å². The van der Waals surface area contributed by atoms with E-state index in [0.29, 0.717) is 5.56 Å². The molecule has 1 aliphatic heterocycles. The first-order chi connectivity index (χ1) is 11.1. The number of amides is 2. The first-order valence-electron chi connectivity index (χ1n) is 7.01. The minimum Gasteiger partial charge on any atom is -0.465 e. The van der Waals surface area contributed by atoms with E-state index >= 15 is 0 Å². The van der Waals surface area contributed by atoms with Gasteiger partial charge in [0.15, 0.2) is 0 Å². The van der Waals surface area contributed by atoms with E-state index in [2.05, 4.69) is 5.32 Å². The average Bonchev–Trinajstić information content (AvgIpc) is 2.91. The van der Waals surface area contributed by atoms with Gasteiger partial charge in [0.2, 0.25) is 5.91 Å². The van der Waals surface area contributed by atoms with Crippen molar-refractivity contribution < 1.29 is 27.9 Å². The van der Waals surface area contributed by atoms with Gasteiger partial charge in [-0.2, -0.15) is 18.4 Å². The summed E-state index contributed by atoms with van der Waals surface area (Å²) in [5.74, 6) is -0.552. The molecule has 1 aliphatic rings. The smallest absolute Gasteiger partial charge is 0.416 e. The van der Waals surface area contributed by atoms with Crippen LogP contribution in [0.4, 0.5) is 18.0 Å². The molecule has 6 nitrogen and oxygen atoms in total. The lowest BCUT2D eigenvalue weighted by atomic mass is 10.00. The molecule has 2 rings (SSSR count). The standard InChI is InChI=1S/C15H14F3N3O3/c16-15(17,18)11-3-1-10(2-4-11)7-12(22)20-14(8-19)5-6-21(9-14)13(23)24/h1-4H,5-7,9H2,(H,20,22)(H,23,24). The summed E-state index contributed by atoms with van der Waals surface area (Å²) >= 11 is 0. The van der Waals surface area contributed by atoms with Gasteiger partial charge < -0.3 is 15.3 Å². The molecule has 0 spiro atoms. The summed E-state index contributed by atoms with van der Waals surface area (Å²) in [5, 5.41) is 20.7. The molecule has 0 saturated carbocycles. The van der Waals surface area contributed by atoms with E-state index in [1.807, 2.05) is 6.07 Å². The summed E-state index contributed by atoms with van der Waals surface area (Å²) in [6, 6.07) is 6.07. The average molecular weight is 341 g/mol. The fourth-order valence-corrected chi connectivity index (χ4v) is 2.50. The molecule has 24 heavy (non-hydrogen) atoms. The highest BCUT2D eigenvalue weighted by molar-refractivity contribution is 5.80. The second-order valence-corrected chi connectivity index (χ2v) is 5.57. The van der Waals surface area contributed by atoms with Crippen LogP contribution in [0.15, 0.2) is 24.3 Å². The summed E-state index contributed by atoms with van der Waals surface area (Å²) in [6.07, 6.45) is -5.66. The zero-order valence-corrected chi connectivity index (χ0v) is 12.4. The number of rotatable bonds is 3. The Labute approximate surface area is 135 Å². The van der Waals surface area contributed by atoms with Crippen LogP contribution in [0.1, 0.15) is 17.5 Å². The molecular weight excluding hydrogens is 327 g/mol. The Morgan fingerprint density at radius 2 is 1.96 bits per heavy atom.